The van der Waals surface area contributed by atoms with Crippen LogP contribution in [0.3, 0.4) is 0 Å². The van der Waals surface area contributed by atoms with E-state index in [0.29, 0.717) is 152 Å². The summed E-state index contributed by atoms with van der Waals surface area (Å²) in [4.78, 5) is 0. The molecule has 16 rings (SSSR count). The summed E-state index contributed by atoms with van der Waals surface area (Å²) in [5, 5.41) is 60.1. The van der Waals surface area contributed by atoms with Crippen molar-refractivity contribution >= 4 is 101 Å². The van der Waals surface area contributed by atoms with Crippen molar-refractivity contribution in [3.05, 3.63) is 361 Å². The molecule has 0 aliphatic heterocycles. The van der Waals surface area contributed by atoms with Gasteiger partial charge in [-0.1, -0.05) is 114 Å². The van der Waals surface area contributed by atoms with Crippen molar-refractivity contribution in [3.63, 3.8) is 0 Å². The molecule has 150 heavy (non-hydrogen) atoms. The number of ether oxygens (including phenoxy) is 12. The molecular weight excluding hydrogens is 1870 g/mol. The minimum atomic E-state index is 0.375. The van der Waals surface area contributed by atoms with E-state index in [4.69, 9.17) is 56.8 Å². The fraction of sp³-hybridized carbons (Fsp3) is 0.286. The summed E-state index contributed by atoms with van der Waals surface area (Å²) in [6.07, 6.45) is 14.1. The minimum absolute atomic E-state index is 0.375. The predicted molar refractivity (Wildman–Crippen MR) is 599 cm³/mol. The van der Waals surface area contributed by atoms with E-state index in [9.17, 15) is 0 Å². The Morgan fingerprint density at radius 2 is 0.247 bits per heavy atom. The maximum Gasteiger partial charge on any atom is 0.161 e. The van der Waals surface area contributed by atoms with Crippen LogP contribution in [0.5, 0.6) is 69.0 Å². The van der Waals surface area contributed by atoms with Crippen molar-refractivity contribution in [1.82, 2.24) is 0 Å². The minimum Gasteiger partial charge on any atom is -0.494 e. The van der Waals surface area contributed by atoms with Crippen LogP contribution in [0.25, 0.3) is 32.3 Å². The third-order valence-electron chi connectivity index (χ3n) is 24.5. The molecule has 0 saturated heterocycles. The van der Waals surface area contributed by atoms with Crippen LogP contribution in [0.2, 0.25) is 0 Å². The summed E-state index contributed by atoms with van der Waals surface area (Å²) in [7, 11) is 0. The molecule has 24 nitrogen and oxygen atoms in total. The van der Waals surface area contributed by atoms with E-state index in [-0.39, 0.29) is 0 Å². The highest BCUT2D eigenvalue weighted by Gasteiger charge is 2.23. The Bertz CT molecular complexity index is 5940. The van der Waals surface area contributed by atoms with Crippen LogP contribution in [0.4, 0.5) is 68.2 Å². The van der Waals surface area contributed by atoms with Crippen LogP contribution in [0.15, 0.2) is 389 Å². The monoisotopic (exact) mass is 2010 g/mol. The van der Waals surface area contributed by atoms with Gasteiger partial charge in [-0.15, -0.1) is 0 Å². The number of aryl methyl sites for hydroxylation is 6. The normalized spacial score (nSPS) is 11.6. The van der Waals surface area contributed by atoms with E-state index >= 15 is 0 Å². The highest BCUT2D eigenvalue weighted by molar-refractivity contribution is 6.27. The fourth-order valence-electron chi connectivity index (χ4n) is 16.5. The number of fused-ring (bicyclic) bond motifs is 6. The lowest BCUT2D eigenvalue weighted by atomic mass is 9.93. The molecule has 0 aliphatic carbocycles. The molecule has 0 unspecified atom stereocenters. The van der Waals surface area contributed by atoms with E-state index in [2.05, 4.69) is 212 Å². The number of hydrogen-bond acceptors (Lipinski definition) is 24. The highest BCUT2D eigenvalue weighted by atomic mass is 16.5. The van der Waals surface area contributed by atoms with E-state index in [1.165, 1.54) is 0 Å². The van der Waals surface area contributed by atoms with Crippen LogP contribution < -0.4 is 56.8 Å². The van der Waals surface area contributed by atoms with Gasteiger partial charge < -0.3 is 56.8 Å². The summed E-state index contributed by atoms with van der Waals surface area (Å²) in [5.41, 5.74) is 15.7. The molecular formula is C126H132N12O12. The number of nitrogens with zero attached hydrogens (tertiary/aromatic N) is 12. The average Bonchev–Trinajstić information content (AvgIpc) is 0.722. The molecule has 0 aromatic heterocycles. The van der Waals surface area contributed by atoms with Gasteiger partial charge in [0.15, 0.2) is 34.5 Å². The zero-order chi connectivity index (χ0) is 103. The molecule has 16 aromatic rings. The smallest absolute Gasteiger partial charge is 0.161 e. The average molecular weight is 2010 g/mol. The molecule has 0 saturated carbocycles. The van der Waals surface area contributed by atoms with Crippen LogP contribution >= 0.6 is 0 Å². The molecule has 0 bridgehead atoms. The molecule has 0 N–H and O–H groups in total. The third kappa shape index (κ3) is 33.3. The van der Waals surface area contributed by atoms with E-state index in [1.54, 1.807) is 0 Å². The molecule has 0 fully saturated rings. The quantitative estimate of drug-likeness (QED) is 0.0196. The molecule has 0 radical (unpaired) electrons. The summed E-state index contributed by atoms with van der Waals surface area (Å²) in [6, 6.07) is 108. The topological polar surface area (TPSA) is 259 Å². The Morgan fingerprint density at radius 3 is 0.360 bits per heavy atom. The SMILES string of the molecule is CCCOc1ccc(N=Nc2ccc(CCCOc3cc4c5cc(OCCCc6ccc(N=Nc7ccc(OCCC)cc7)cc6)c(OCCCc6ccc(N=Nc7ccc(OCCC)cc7)cc6)cc5c5cc(OCCCc6ccc(N=Nc7ccc(OCCC)cc7)cc6)c(OCCCc6ccc(N=Nc7ccc(OCCC)cc7)cc6)cc5c4cc3OCCCc3ccc(N=Nc4ccc(OCCC)cc4)cc3)cc2)cc1. The van der Waals surface area contributed by atoms with Crippen LogP contribution in [-0.2, 0) is 38.5 Å². The van der Waals surface area contributed by atoms with Gasteiger partial charge in [-0.05, 0) is 436 Å². The summed E-state index contributed by atoms with van der Waals surface area (Å²) in [5.74, 6) is 8.40. The van der Waals surface area contributed by atoms with Crippen molar-refractivity contribution in [1.29, 1.82) is 0 Å². The van der Waals surface area contributed by atoms with Crippen LogP contribution in [0, 0.1) is 0 Å². The lowest BCUT2D eigenvalue weighted by molar-refractivity contribution is 0.263. The second-order valence-corrected chi connectivity index (χ2v) is 36.5. The second-order valence-electron chi connectivity index (χ2n) is 36.5. The standard InChI is InChI=1S/C126H132N12O12/c1-7-73-139-109-61-49-103(50-62-109)133-127-97-37-25-91(26-38-97)19-13-79-145-121-85-115-116(86-122(121)146-80-14-20-92-27-39-98(40-28-92)128-134-104-51-63-110(64-52-104)140-74-8-2)118-88-124(148-82-16-22-94-31-43-100(44-32-94)130-136-106-55-67-112(68-56-106)142-76-10-4)126(150-84-18-24-96-35-47-102(48-36-96)132-138-108-59-71-114(72-60-108)144-78-12-6)90-120(118)119-89-125(149-83-17-23-95-33-45-101(46-34-95)131-137-107-57-69-113(70-58-107)143-77-11-5)123(87-117(115)119)147-81-15-21-93-29-41-99(42-30-93)129-135-105-53-65-111(66-54-105)141-75-9-3/h25-72,85-90H,7-24,73-84H2,1-6H3. The maximum absolute atomic E-state index is 7.14. The second kappa shape index (κ2) is 57.6. The summed E-state index contributed by atoms with van der Waals surface area (Å²) < 4.78 is 77.7. The molecule has 24 heteroatoms. The van der Waals surface area contributed by atoms with E-state index in [0.717, 1.165) is 245 Å². The Balaban J connectivity index is 0.739. The largest absolute Gasteiger partial charge is 0.494 e. The maximum atomic E-state index is 7.14. The molecule has 0 amide bonds. The number of rotatable bonds is 60. The summed E-state index contributed by atoms with van der Waals surface area (Å²) in [6.45, 7) is 18.7. The zero-order valence-corrected chi connectivity index (χ0v) is 86.7. The molecule has 0 aliphatic rings. The first-order valence-electron chi connectivity index (χ1n) is 52.7. The fourth-order valence-corrected chi connectivity index (χ4v) is 16.5. The van der Waals surface area contributed by atoms with Gasteiger partial charge in [-0.2, -0.15) is 61.4 Å². The highest BCUT2D eigenvalue weighted by Crippen LogP contribution is 2.49. The van der Waals surface area contributed by atoms with Gasteiger partial charge in [-0.25, -0.2) is 0 Å². The Morgan fingerprint density at radius 1 is 0.133 bits per heavy atom. The number of azo groups is 6. The molecule has 768 valence electrons. The lowest BCUT2D eigenvalue weighted by Crippen LogP contribution is -2.06. The molecule has 0 atom stereocenters. The Hall–Kier alpha value is -16.5. The van der Waals surface area contributed by atoms with Crippen molar-refractivity contribution in [2.75, 3.05) is 79.3 Å². The van der Waals surface area contributed by atoms with Gasteiger partial charge >= 0.3 is 0 Å². The first kappa shape index (κ1) is 106. The van der Waals surface area contributed by atoms with E-state index < -0.39 is 0 Å². The third-order valence-corrected chi connectivity index (χ3v) is 24.5. The van der Waals surface area contributed by atoms with Gasteiger partial charge in [0.05, 0.1) is 148 Å². The van der Waals surface area contributed by atoms with Gasteiger partial charge in [-0.3, -0.25) is 0 Å². The molecule has 0 spiro atoms. The van der Waals surface area contributed by atoms with Crippen LogP contribution in [0.1, 0.15) is 152 Å². The molecule has 16 aromatic carbocycles. The lowest BCUT2D eigenvalue weighted by Gasteiger charge is -2.21. The summed E-state index contributed by atoms with van der Waals surface area (Å²) >= 11 is 0. The first-order chi connectivity index (χ1) is 74.0. The van der Waals surface area contributed by atoms with Gasteiger partial charge in [0.2, 0.25) is 0 Å². The van der Waals surface area contributed by atoms with Crippen molar-refractivity contribution in [2.24, 2.45) is 61.4 Å². The van der Waals surface area contributed by atoms with Crippen molar-refractivity contribution in [3.8, 4) is 69.0 Å². The Kier molecular flexibility index (Phi) is 40.8. The van der Waals surface area contributed by atoms with Gasteiger partial charge in [0, 0.05) is 0 Å². The predicted octanol–water partition coefficient (Wildman–Crippen LogP) is 36.4. The number of benzene rings is 16. The van der Waals surface area contributed by atoms with E-state index in [1.807, 2.05) is 218 Å². The first-order valence-corrected chi connectivity index (χ1v) is 52.7. The zero-order valence-electron chi connectivity index (χ0n) is 86.7. The van der Waals surface area contributed by atoms with Crippen molar-refractivity contribution < 1.29 is 56.8 Å². The van der Waals surface area contributed by atoms with Crippen molar-refractivity contribution in [2.45, 2.75) is 157 Å². The number of hydrogen-bond donors (Lipinski definition) is 0. The Labute approximate surface area is 879 Å². The van der Waals surface area contributed by atoms with Gasteiger partial charge in [0.25, 0.3) is 0 Å². The molecule has 0 heterocycles. The van der Waals surface area contributed by atoms with Crippen LogP contribution in [-0.4, -0.2) is 79.3 Å². The van der Waals surface area contributed by atoms with Gasteiger partial charge in [0.1, 0.15) is 34.5 Å².